The third kappa shape index (κ3) is 5.47. The van der Waals surface area contributed by atoms with Crippen molar-refractivity contribution >= 4 is 11.5 Å². The van der Waals surface area contributed by atoms with E-state index in [1.165, 1.54) is 24.3 Å². The third-order valence-corrected chi connectivity index (χ3v) is 4.86. The lowest BCUT2D eigenvalue weighted by atomic mass is 10.1. The highest BCUT2D eigenvalue weighted by Crippen LogP contribution is 2.16. The van der Waals surface area contributed by atoms with Crippen LogP contribution in [0.15, 0.2) is 54.6 Å². The number of benzene rings is 2. The maximum atomic E-state index is 13.0. The lowest BCUT2D eigenvalue weighted by Crippen LogP contribution is -2.34. The van der Waals surface area contributed by atoms with Gasteiger partial charge in [0, 0.05) is 38.8 Å². The fourth-order valence-electron chi connectivity index (χ4n) is 3.27. The fraction of sp³-hybridized carbons (Fsp3) is 0.318. The van der Waals surface area contributed by atoms with Gasteiger partial charge in [-0.3, -0.25) is 9.69 Å². The molecule has 1 aliphatic rings. The minimum absolute atomic E-state index is 0.0135. The van der Waals surface area contributed by atoms with E-state index < -0.39 is 0 Å². The lowest BCUT2D eigenvalue weighted by molar-refractivity contribution is -0.125. The van der Waals surface area contributed by atoms with Crippen molar-refractivity contribution in [3.8, 4) is 0 Å². The van der Waals surface area contributed by atoms with E-state index in [0.717, 1.165) is 42.8 Å². The van der Waals surface area contributed by atoms with E-state index in [1.54, 1.807) is 30.3 Å². The molecule has 2 aromatic rings. The Morgan fingerprint density at radius 2 is 1.56 bits per heavy atom. The number of allylic oxidation sites excluding steroid dienone is 1. The summed E-state index contributed by atoms with van der Waals surface area (Å²) in [5.41, 5.74) is 2.74. The Balaban J connectivity index is 1.58. The summed E-state index contributed by atoms with van der Waals surface area (Å²) in [7, 11) is 0. The molecule has 0 aromatic heterocycles. The molecule has 1 saturated heterocycles. The molecule has 2 aromatic carbocycles. The molecule has 0 saturated carbocycles. The number of carbonyl (C=O) groups is 1. The van der Waals surface area contributed by atoms with Crippen LogP contribution >= 0.6 is 0 Å². The molecule has 0 unspecified atom stereocenters. The molecular formula is C22H24F2N2O. The quantitative estimate of drug-likeness (QED) is 0.757. The van der Waals surface area contributed by atoms with Gasteiger partial charge in [0.25, 0.3) is 0 Å². The molecule has 0 spiro atoms. The predicted molar refractivity (Wildman–Crippen MR) is 103 cm³/mol. The smallest absolute Gasteiger partial charge is 0.246 e. The number of rotatable bonds is 4. The summed E-state index contributed by atoms with van der Waals surface area (Å²) in [6, 6.07) is 12.7. The van der Waals surface area contributed by atoms with Gasteiger partial charge in [0.1, 0.15) is 11.6 Å². The van der Waals surface area contributed by atoms with Crippen LogP contribution in [0.1, 0.15) is 24.5 Å². The summed E-state index contributed by atoms with van der Waals surface area (Å²) < 4.78 is 26.1. The van der Waals surface area contributed by atoms with Gasteiger partial charge in [-0.25, -0.2) is 8.78 Å². The Kier molecular flexibility index (Phi) is 6.35. The first-order valence-corrected chi connectivity index (χ1v) is 9.21. The number of amides is 1. The largest absolute Gasteiger partial charge is 0.338 e. The Hall–Kier alpha value is -2.53. The topological polar surface area (TPSA) is 23.6 Å². The molecule has 5 heteroatoms. The third-order valence-electron chi connectivity index (χ3n) is 4.86. The second-order valence-electron chi connectivity index (χ2n) is 6.92. The van der Waals surface area contributed by atoms with E-state index in [4.69, 9.17) is 0 Å². The van der Waals surface area contributed by atoms with Crippen LogP contribution in [-0.2, 0) is 11.3 Å². The molecule has 1 amide bonds. The first-order chi connectivity index (χ1) is 13.0. The molecule has 142 valence electrons. The summed E-state index contributed by atoms with van der Waals surface area (Å²) in [5, 5.41) is 0. The van der Waals surface area contributed by atoms with E-state index in [0.29, 0.717) is 13.1 Å². The zero-order valence-corrected chi connectivity index (χ0v) is 15.5. The molecule has 0 bridgehead atoms. The Labute approximate surface area is 158 Å². The van der Waals surface area contributed by atoms with E-state index in [-0.39, 0.29) is 17.5 Å². The fourth-order valence-corrected chi connectivity index (χ4v) is 3.27. The number of hydrogen-bond acceptors (Lipinski definition) is 2. The molecule has 27 heavy (non-hydrogen) atoms. The van der Waals surface area contributed by atoms with Crippen LogP contribution in [0.5, 0.6) is 0 Å². The summed E-state index contributed by atoms with van der Waals surface area (Å²) in [6.45, 7) is 5.68. The van der Waals surface area contributed by atoms with Crippen LogP contribution in [0.2, 0.25) is 0 Å². The molecule has 0 N–H and O–H groups in total. The highest BCUT2D eigenvalue weighted by atomic mass is 19.1. The SMILES string of the molecule is C/C(=C\C(=O)N1CCCN(Cc2ccc(F)cc2)CC1)c1ccc(F)cc1. The summed E-state index contributed by atoms with van der Waals surface area (Å²) in [5.74, 6) is -0.526. The molecule has 1 aliphatic heterocycles. The second kappa shape index (κ2) is 8.91. The molecule has 0 aliphatic carbocycles. The monoisotopic (exact) mass is 370 g/mol. The average molecular weight is 370 g/mol. The van der Waals surface area contributed by atoms with Gasteiger partial charge in [-0.2, -0.15) is 0 Å². The van der Waals surface area contributed by atoms with Crippen LogP contribution in [0.25, 0.3) is 5.57 Å². The average Bonchev–Trinajstić information content (AvgIpc) is 2.90. The van der Waals surface area contributed by atoms with Crippen LogP contribution in [0.3, 0.4) is 0 Å². The minimum Gasteiger partial charge on any atom is -0.338 e. The lowest BCUT2D eigenvalue weighted by Gasteiger charge is -2.21. The van der Waals surface area contributed by atoms with E-state index in [2.05, 4.69) is 4.90 Å². The van der Waals surface area contributed by atoms with Gasteiger partial charge in [0.15, 0.2) is 0 Å². The molecule has 0 radical (unpaired) electrons. The predicted octanol–water partition coefficient (Wildman–Crippen LogP) is 4.10. The van der Waals surface area contributed by atoms with E-state index >= 15 is 0 Å². The van der Waals surface area contributed by atoms with Gasteiger partial charge < -0.3 is 4.90 Å². The zero-order chi connectivity index (χ0) is 19.2. The molecular weight excluding hydrogens is 346 g/mol. The normalized spacial score (nSPS) is 16.3. The Morgan fingerprint density at radius 3 is 2.22 bits per heavy atom. The van der Waals surface area contributed by atoms with Gasteiger partial charge >= 0.3 is 0 Å². The van der Waals surface area contributed by atoms with Crippen LogP contribution < -0.4 is 0 Å². The van der Waals surface area contributed by atoms with Crippen molar-refractivity contribution in [2.75, 3.05) is 26.2 Å². The number of halogens is 2. The van der Waals surface area contributed by atoms with Crippen molar-refractivity contribution in [2.24, 2.45) is 0 Å². The maximum absolute atomic E-state index is 13.0. The minimum atomic E-state index is -0.286. The first-order valence-electron chi connectivity index (χ1n) is 9.21. The highest BCUT2D eigenvalue weighted by molar-refractivity contribution is 5.94. The van der Waals surface area contributed by atoms with Crippen LogP contribution in [-0.4, -0.2) is 41.9 Å². The maximum Gasteiger partial charge on any atom is 0.246 e. The number of nitrogens with zero attached hydrogens (tertiary/aromatic N) is 2. The van der Waals surface area contributed by atoms with E-state index in [9.17, 15) is 13.6 Å². The summed E-state index contributed by atoms with van der Waals surface area (Å²) in [6.07, 6.45) is 2.53. The van der Waals surface area contributed by atoms with Crippen LogP contribution in [0.4, 0.5) is 8.78 Å². The van der Waals surface area contributed by atoms with Crippen molar-refractivity contribution in [3.63, 3.8) is 0 Å². The summed E-state index contributed by atoms with van der Waals surface area (Å²) >= 11 is 0. The van der Waals surface area contributed by atoms with Crippen molar-refractivity contribution < 1.29 is 13.6 Å². The Bertz CT molecular complexity index is 800. The second-order valence-corrected chi connectivity index (χ2v) is 6.92. The van der Waals surface area contributed by atoms with Crippen LogP contribution in [0, 0.1) is 11.6 Å². The summed E-state index contributed by atoms with van der Waals surface area (Å²) in [4.78, 5) is 16.8. The highest BCUT2D eigenvalue weighted by Gasteiger charge is 2.18. The molecule has 1 heterocycles. The standard InChI is InChI=1S/C22H24F2N2O/c1-17(19-5-9-21(24)10-6-19)15-22(27)26-12-2-11-25(13-14-26)16-18-3-7-20(23)8-4-18/h3-10,15H,2,11-14,16H2,1H3/b17-15+. The number of hydrogen-bond donors (Lipinski definition) is 0. The first kappa shape index (κ1) is 19.2. The van der Waals surface area contributed by atoms with Crippen molar-refractivity contribution in [1.29, 1.82) is 0 Å². The van der Waals surface area contributed by atoms with Gasteiger partial charge in [0.2, 0.25) is 5.91 Å². The molecule has 0 atom stereocenters. The van der Waals surface area contributed by atoms with Crippen molar-refractivity contribution in [2.45, 2.75) is 19.9 Å². The van der Waals surface area contributed by atoms with Crippen molar-refractivity contribution in [3.05, 3.63) is 77.4 Å². The molecule has 1 fully saturated rings. The van der Waals surface area contributed by atoms with Gasteiger partial charge in [-0.05, 0) is 54.3 Å². The Morgan fingerprint density at radius 1 is 0.926 bits per heavy atom. The van der Waals surface area contributed by atoms with E-state index in [1.807, 2.05) is 11.8 Å². The zero-order valence-electron chi connectivity index (χ0n) is 15.5. The van der Waals surface area contributed by atoms with Crippen molar-refractivity contribution in [1.82, 2.24) is 9.80 Å². The van der Waals surface area contributed by atoms with Gasteiger partial charge in [-0.15, -0.1) is 0 Å². The molecule has 3 nitrogen and oxygen atoms in total. The van der Waals surface area contributed by atoms with Gasteiger partial charge in [-0.1, -0.05) is 24.3 Å². The molecule has 3 rings (SSSR count). The number of carbonyl (C=O) groups excluding carboxylic acids is 1. The van der Waals surface area contributed by atoms with Gasteiger partial charge in [0.05, 0.1) is 0 Å².